The molecule has 2 saturated heterocycles. The number of carbonyl (C=O) groups excluding carboxylic acids is 3. The van der Waals surface area contributed by atoms with Gasteiger partial charge in [-0.3, -0.25) is 14.5 Å². The highest BCUT2D eigenvalue weighted by Gasteiger charge is 2.36. The largest absolute Gasteiger partial charge is 0.477 e. The monoisotopic (exact) mass is 372 g/mol. The van der Waals surface area contributed by atoms with Gasteiger partial charge in [0.2, 0.25) is 5.91 Å². The molecular weight excluding hydrogens is 348 g/mol. The first-order chi connectivity index (χ1) is 13.1. The zero-order chi connectivity index (χ0) is 18.8. The molecule has 0 radical (unpaired) electrons. The molecular formula is C19H24N4O4. The third-order valence-electron chi connectivity index (χ3n) is 5.29. The van der Waals surface area contributed by atoms with Crippen LogP contribution in [0.4, 0.5) is 10.5 Å². The standard InChI is InChI=1S/C19H24N4O4/c24-17(23-11-8-20-19(23)26)13-22-12-16(18(25)21-9-4-1-5-10-21)27-15-7-3-2-6-14(15)22/h2-3,6-7,16H,1,4-5,8-13H2,(H,20,26)/t16-/m1/s1. The van der Waals surface area contributed by atoms with Crippen LogP contribution in [0.15, 0.2) is 24.3 Å². The number of ether oxygens (including phenoxy) is 1. The molecule has 0 spiro atoms. The molecule has 27 heavy (non-hydrogen) atoms. The van der Waals surface area contributed by atoms with Crippen molar-refractivity contribution in [2.24, 2.45) is 0 Å². The number of urea groups is 1. The Hall–Kier alpha value is -2.77. The summed E-state index contributed by atoms with van der Waals surface area (Å²) in [6.07, 6.45) is 2.54. The summed E-state index contributed by atoms with van der Waals surface area (Å²) in [7, 11) is 0. The minimum absolute atomic E-state index is 0.0273. The van der Waals surface area contributed by atoms with E-state index >= 15 is 0 Å². The Morgan fingerprint density at radius 3 is 2.63 bits per heavy atom. The van der Waals surface area contributed by atoms with Gasteiger partial charge in [-0.15, -0.1) is 0 Å². The first kappa shape index (κ1) is 17.6. The highest BCUT2D eigenvalue weighted by Crippen LogP contribution is 2.33. The van der Waals surface area contributed by atoms with Crippen LogP contribution in [-0.4, -0.2) is 73.0 Å². The van der Waals surface area contributed by atoms with Crippen molar-refractivity contribution in [2.75, 3.05) is 44.2 Å². The smallest absolute Gasteiger partial charge is 0.324 e. The van der Waals surface area contributed by atoms with Crippen LogP contribution in [0.1, 0.15) is 19.3 Å². The fourth-order valence-corrected chi connectivity index (χ4v) is 3.86. The lowest BCUT2D eigenvalue weighted by atomic mass is 10.1. The normalized spacial score (nSPS) is 22.1. The highest BCUT2D eigenvalue weighted by atomic mass is 16.5. The average Bonchev–Trinajstić information content (AvgIpc) is 3.14. The van der Waals surface area contributed by atoms with E-state index < -0.39 is 6.10 Å². The average molecular weight is 372 g/mol. The number of hydrogen-bond acceptors (Lipinski definition) is 5. The summed E-state index contributed by atoms with van der Waals surface area (Å²) in [5, 5.41) is 2.64. The molecule has 0 saturated carbocycles. The number of amides is 4. The number of nitrogens with zero attached hydrogens (tertiary/aromatic N) is 3. The van der Waals surface area contributed by atoms with Crippen molar-refractivity contribution in [3.63, 3.8) is 0 Å². The molecule has 3 heterocycles. The van der Waals surface area contributed by atoms with Gasteiger partial charge < -0.3 is 19.9 Å². The maximum Gasteiger partial charge on any atom is 0.324 e. The molecule has 2 fully saturated rings. The molecule has 0 aromatic heterocycles. The summed E-state index contributed by atoms with van der Waals surface area (Å²) in [5.41, 5.74) is 0.771. The van der Waals surface area contributed by atoms with Crippen molar-refractivity contribution >= 4 is 23.5 Å². The van der Waals surface area contributed by atoms with Gasteiger partial charge in [0, 0.05) is 26.2 Å². The Morgan fingerprint density at radius 1 is 1.11 bits per heavy atom. The SMILES string of the molecule is O=C([C@H]1CN(CC(=O)N2CCNC2=O)c2ccccc2O1)N1CCCCC1. The van der Waals surface area contributed by atoms with Gasteiger partial charge >= 0.3 is 6.03 Å². The lowest BCUT2D eigenvalue weighted by Crippen LogP contribution is -2.53. The topological polar surface area (TPSA) is 82.2 Å². The number of likely N-dealkylation sites (tertiary alicyclic amines) is 1. The van der Waals surface area contributed by atoms with Crippen LogP contribution in [-0.2, 0) is 9.59 Å². The Labute approximate surface area is 158 Å². The predicted molar refractivity (Wildman–Crippen MR) is 98.6 cm³/mol. The predicted octanol–water partition coefficient (Wildman–Crippen LogP) is 0.818. The molecule has 8 heteroatoms. The van der Waals surface area contributed by atoms with Crippen molar-refractivity contribution in [1.82, 2.24) is 15.1 Å². The van der Waals surface area contributed by atoms with Crippen LogP contribution in [0.3, 0.4) is 0 Å². The number of hydrogen-bond donors (Lipinski definition) is 1. The summed E-state index contributed by atoms with van der Waals surface area (Å²) in [6, 6.07) is 7.04. The van der Waals surface area contributed by atoms with E-state index in [0.717, 1.165) is 38.0 Å². The summed E-state index contributed by atoms with van der Waals surface area (Å²) < 4.78 is 5.97. The number of imide groups is 1. The van der Waals surface area contributed by atoms with Crippen LogP contribution in [0.25, 0.3) is 0 Å². The minimum Gasteiger partial charge on any atom is -0.477 e. The molecule has 4 amide bonds. The van der Waals surface area contributed by atoms with Crippen LogP contribution < -0.4 is 15.0 Å². The maximum absolute atomic E-state index is 12.9. The number of carbonyl (C=O) groups is 3. The molecule has 0 bridgehead atoms. The molecule has 144 valence electrons. The quantitative estimate of drug-likeness (QED) is 0.849. The number of para-hydroxylation sites is 2. The van der Waals surface area contributed by atoms with Gasteiger partial charge in [0.15, 0.2) is 6.10 Å². The zero-order valence-electron chi connectivity index (χ0n) is 15.2. The number of fused-ring (bicyclic) bond motifs is 1. The summed E-state index contributed by atoms with van der Waals surface area (Å²) in [5.74, 6) is 0.296. The van der Waals surface area contributed by atoms with E-state index in [1.54, 1.807) is 0 Å². The van der Waals surface area contributed by atoms with Gasteiger partial charge in [-0.1, -0.05) is 12.1 Å². The van der Waals surface area contributed by atoms with Crippen molar-refractivity contribution in [1.29, 1.82) is 0 Å². The van der Waals surface area contributed by atoms with Crippen LogP contribution in [0.2, 0.25) is 0 Å². The molecule has 1 aromatic carbocycles. The van der Waals surface area contributed by atoms with E-state index in [1.807, 2.05) is 34.1 Å². The molecule has 0 aliphatic carbocycles. The Kier molecular flexibility index (Phi) is 4.87. The van der Waals surface area contributed by atoms with Crippen LogP contribution in [0.5, 0.6) is 5.75 Å². The molecule has 1 atom stereocenters. The first-order valence-corrected chi connectivity index (χ1v) is 9.51. The lowest BCUT2D eigenvalue weighted by Gasteiger charge is -2.38. The van der Waals surface area contributed by atoms with Gasteiger partial charge in [0.05, 0.1) is 18.8 Å². The van der Waals surface area contributed by atoms with E-state index in [1.165, 1.54) is 4.90 Å². The number of nitrogens with one attached hydrogen (secondary N) is 1. The second-order valence-corrected chi connectivity index (χ2v) is 7.12. The molecule has 1 aromatic rings. The van der Waals surface area contributed by atoms with Crippen molar-refractivity contribution in [2.45, 2.75) is 25.4 Å². The van der Waals surface area contributed by atoms with Gasteiger partial charge in [0.1, 0.15) is 5.75 Å². The van der Waals surface area contributed by atoms with Crippen molar-refractivity contribution in [3.05, 3.63) is 24.3 Å². The third kappa shape index (κ3) is 3.56. The maximum atomic E-state index is 12.9. The zero-order valence-corrected chi connectivity index (χ0v) is 15.2. The summed E-state index contributed by atoms with van der Waals surface area (Å²) in [6.45, 7) is 2.70. The van der Waals surface area contributed by atoms with Gasteiger partial charge in [-0.05, 0) is 31.4 Å². The van der Waals surface area contributed by atoms with Crippen molar-refractivity contribution in [3.8, 4) is 5.75 Å². The number of benzene rings is 1. The fourth-order valence-electron chi connectivity index (χ4n) is 3.86. The number of anilines is 1. The molecule has 3 aliphatic rings. The van der Waals surface area contributed by atoms with Crippen LogP contribution >= 0.6 is 0 Å². The van der Waals surface area contributed by atoms with Gasteiger partial charge in [-0.25, -0.2) is 4.79 Å². The number of piperidine rings is 1. The second kappa shape index (κ2) is 7.46. The Balaban J connectivity index is 1.52. The second-order valence-electron chi connectivity index (χ2n) is 7.12. The van der Waals surface area contributed by atoms with E-state index in [-0.39, 0.29) is 24.4 Å². The Morgan fingerprint density at radius 2 is 1.89 bits per heavy atom. The molecule has 3 aliphatic heterocycles. The highest BCUT2D eigenvalue weighted by molar-refractivity contribution is 5.98. The molecule has 1 N–H and O–H groups in total. The molecule has 8 nitrogen and oxygen atoms in total. The van der Waals surface area contributed by atoms with Crippen molar-refractivity contribution < 1.29 is 19.1 Å². The Bertz CT molecular complexity index is 747. The van der Waals surface area contributed by atoms with E-state index in [2.05, 4.69) is 5.32 Å². The van der Waals surface area contributed by atoms with E-state index in [4.69, 9.17) is 4.74 Å². The summed E-state index contributed by atoms with van der Waals surface area (Å²) in [4.78, 5) is 42.2. The number of rotatable bonds is 3. The molecule has 4 rings (SSSR count). The van der Waals surface area contributed by atoms with Gasteiger partial charge in [0.25, 0.3) is 5.91 Å². The lowest BCUT2D eigenvalue weighted by molar-refractivity contribution is -0.139. The fraction of sp³-hybridized carbons (Fsp3) is 0.526. The third-order valence-corrected chi connectivity index (χ3v) is 5.29. The van der Waals surface area contributed by atoms with E-state index in [9.17, 15) is 14.4 Å². The van der Waals surface area contributed by atoms with Crippen LogP contribution in [0, 0.1) is 0 Å². The summed E-state index contributed by atoms with van der Waals surface area (Å²) >= 11 is 0. The van der Waals surface area contributed by atoms with Gasteiger partial charge in [-0.2, -0.15) is 0 Å². The first-order valence-electron chi connectivity index (χ1n) is 9.51. The molecule has 0 unspecified atom stereocenters. The van der Waals surface area contributed by atoms with E-state index in [0.29, 0.717) is 25.4 Å². The minimum atomic E-state index is -0.641.